The molecule has 19 heavy (non-hydrogen) atoms. The number of hydrogen-bond donors (Lipinski definition) is 3. The summed E-state index contributed by atoms with van der Waals surface area (Å²) in [5, 5.41) is 7.17. The van der Waals surface area contributed by atoms with Crippen molar-refractivity contribution in [2.75, 3.05) is 20.6 Å². The molecule has 1 unspecified atom stereocenters. The van der Waals surface area contributed by atoms with Crippen LogP contribution in [0.4, 0.5) is 0 Å². The van der Waals surface area contributed by atoms with E-state index in [0.29, 0.717) is 11.4 Å². The minimum Gasteiger partial charge on any atom is -0.350 e. The molecule has 1 aromatic rings. The average molecular weight is 328 g/mol. The average Bonchev–Trinajstić information content (AvgIpc) is 2.85. The molecule has 0 aliphatic rings. The number of likely N-dealkylation sites (N-methyl/N-ethyl adjacent to an activating group) is 1. The molecule has 0 aliphatic heterocycles. The van der Waals surface area contributed by atoms with E-state index in [1.165, 1.54) is 18.5 Å². The van der Waals surface area contributed by atoms with Crippen molar-refractivity contribution in [3.05, 3.63) is 16.3 Å². The SMILES string of the molecule is CNC(C)CNC(=O)c1cc(S(=O)(=O)NC)cs1.Cl. The van der Waals surface area contributed by atoms with Crippen LogP contribution in [0.1, 0.15) is 16.6 Å². The summed E-state index contributed by atoms with van der Waals surface area (Å²) >= 11 is 1.11. The van der Waals surface area contributed by atoms with Crippen LogP contribution in [0.25, 0.3) is 0 Å². The fourth-order valence-corrected chi connectivity index (χ4v) is 3.05. The summed E-state index contributed by atoms with van der Waals surface area (Å²) in [6.07, 6.45) is 0. The van der Waals surface area contributed by atoms with E-state index in [1.807, 2.05) is 6.92 Å². The zero-order valence-corrected chi connectivity index (χ0v) is 13.3. The van der Waals surface area contributed by atoms with Gasteiger partial charge in [0, 0.05) is 18.0 Å². The van der Waals surface area contributed by atoms with E-state index < -0.39 is 10.0 Å². The highest BCUT2D eigenvalue weighted by molar-refractivity contribution is 7.89. The van der Waals surface area contributed by atoms with Crippen LogP contribution in [0.15, 0.2) is 16.3 Å². The Bertz CT molecular complexity index is 516. The van der Waals surface area contributed by atoms with Gasteiger partial charge in [-0.25, -0.2) is 13.1 Å². The van der Waals surface area contributed by atoms with E-state index in [-0.39, 0.29) is 29.3 Å². The number of nitrogens with one attached hydrogen (secondary N) is 3. The predicted octanol–water partition coefficient (Wildman–Crippen LogP) is 0.416. The van der Waals surface area contributed by atoms with Gasteiger partial charge >= 0.3 is 0 Å². The van der Waals surface area contributed by atoms with Crippen LogP contribution in [0.2, 0.25) is 0 Å². The van der Waals surface area contributed by atoms with Crippen LogP contribution in [0.3, 0.4) is 0 Å². The number of sulfonamides is 1. The summed E-state index contributed by atoms with van der Waals surface area (Å²) in [6, 6.07) is 1.53. The highest BCUT2D eigenvalue weighted by Gasteiger charge is 2.17. The van der Waals surface area contributed by atoms with Crippen molar-refractivity contribution < 1.29 is 13.2 Å². The molecule has 1 rings (SSSR count). The highest BCUT2D eigenvalue weighted by atomic mass is 35.5. The van der Waals surface area contributed by atoms with Gasteiger partial charge in [-0.2, -0.15) is 0 Å². The summed E-state index contributed by atoms with van der Waals surface area (Å²) in [7, 11) is -0.339. The van der Waals surface area contributed by atoms with Gasteiger partial charge in [0.05, 0.1) is 9.77 Å². The van der Waals surface area contributed by atoms with Crippen molar-refractivity contribution >= 4 is 39.7 Å². The van der Waals surface area contributed by atoms with E-state index in [2.05, 4.69) is 15.4 Å². The minimum absolute atomic E-state index is 0. The molecule has 0 saturated carbocycles. The third-order valence-electron chi connectivity index (χ3n) is 2.44. The molecule has 110 valence electrons. The fourth-order valence-electron chi connectivity index (χ4n) is 1.13. The number of carbonyl (C=O) groups excluding carboxylic acids is 1. The van der Waals surface area contributed by atoms with Crippen LogP contribution in [-0.4, -0.2) is 41.0 Å². The number of rotatable bonds is 6. The lowest BCUT2D eigenvalue weighted by atomic mass is 10.3. The van der Waals surface area contributed by atoms with E-state index >= 15 is 0 Å². The maximum Gasteiger partial charge on any atom is 0.261 e. The highest BCUT2D eigenvalue weighted by Crippen LogP contribution is 2.18. The monoisotopic (exact) mass is 327 g/mol. The van der Waals surface area contributed by atoms with Crippen molar-refractivity contribution in [1.29, 1.82) is 0 Å². The molecule has 1 amide bonds. The summed E-state index contributed by atoms with van der Waals surface area (Å²) < 4.78 is 25.2. The summed E-state index contributed by atoms with van der Waals surface area (Å²) in [6.45, 7) is 2.42. The Morgan fingerprint density at radius 3 is 2.58 bits per heavy atom. The van der Waals surface area contributed by atoms with Gasteiger partial charge < -0.3 is 10.6 Å². The molecule has 0 spiro atoms. The summed E-state index contributed by atoms with van der Waals surface area (Å²) in [5.74, 6) is -0.264. The lowest BCUT2D eigenvalue weighted by Crippen LogP contribution is -2.36. The van der Waals surface area contributed by atoms with E-state index in [9.17, 15) is 13.2 Å². The van der Waals surface area contributed by atoms with Gasteiger partial charge in [-0.3, -0.25) is 4.79 Å². The van der Waals surface area contributed by atoms with E-state index in [0.717, 1.165) is 11.3 Å². The third kappa shape index (κ3) is 5.07. The lowest BCUT2D eigenvalue weighted by Gasteiger charge is -2.10. The Balaban J connectivity index is 0.00000324. The zero-order valence-electron chi connectivity index (χ0n) is 10.9. The zero-order chi connectivity index (χ0) is 13.8. The molecule has 3 N–H and O–H groups in total. The van der Waals surface area contributed by atoms with Crippen molar-refractivity contribution in [1.82, 2.24) is 15.4 Å². The quantitative estimate of drug-likeness (QED) is 0.706. The molecule has 0 aromatic carbocycles. The number of hydrogen-bond acceptors (Lipinski definition) is 5. The Morgan fingerprint density at radius 1 is 1.42 bits per heavy atom. The molecule has 1 aromatic heterocycles. The molecule has 1 heterocycles. The first-order chi connectivity index (χ1) is 8.40. The number of thiophene rings is 1. The van der Waals surface area contributed by atoms with Gasteiger partial charge in [-0.05, 0) is 27.1 Å². The van der Waals surface area contributed by atoms with Gasteiger partial charge in [0.1, 0.15) is 0 Å². The minimum atomic E-state index is -3.48. The van der Waals surface area contributed by atoms with Gasteiger partial charge in [0.25, 0.3) is 5.91 Å². The first-order valence-corrected chi connectivity index (χ1v) is 7.74. The molecule has 0 bridgehead atoms. The molecule has 0 radical (unpaired) electrons. The molecular weight excluding hydrogens is 310 g/mol. The second kappa shape index (κ2) is 7.81. The Morgan fingerprint density at radius 2 is 2.05 bits per heavy atom. The first kappa shape index (κ1) is 18.3. The van der Waals surface area contributed by atoms with Crippen LogP contribution >= 0.6 is 23.7 Å². The van der Waals surface area contributed by atoms with Gasteiger partial charge in [0.15, 0.2) is 0 Å². The van der Waals surface area contributed by atoms with Crippen molar-refractivity contribution in [2.45, 2.75) is 17.9 Å². The molecule has 6 nitrogen and oxygen atoms in total. The van der Waals surface area contributed by atoms with Gasteiger partial charge in [-0.15, -0.1) is 23.7 Å². The fraction of sp³-hybridized carbons (Fsp3) is 0.500. The Hall–Kier alpha value is -0.670. The second-order valence-corrected chi connectivity index (χ2v) is 6.55. The Labute approximate surface area is 123 Å². The number of amides is 1. The van der Waals surface area contributed by atoms with Crippen molar-refractivity contribution in [2.24, 2.45) is 0 Å². The summed E-state index contributed by atoms with van der Waals surface area (Å²) in [5.41, 5.74) is 0. The normalized spacial score (nSPS) is 12.6. The second-order valence-electron chi connectivity index (χ2n) is 3.75. The first-order valence-electron chi connectivity index (χ1n) is 5.38. The maximum absolute atomic E-state index is 11.7. The van der Waals surface area contributed by atoms with Crippen molar-refractivity contribution in [3.63, 3.8) is 0 Å². The molecule has 1 atom stereocenters. The molecule has 0 aliphatic carbocycles. The van der Waals surface area contributed by atoms with Gasteiger partial charge in [-0.1, -0.05) is 0 Å². The predicted molar refractivity (Wildman–Crippen MR) is 78.7 cm³/mol. The van der Waals surface area contributed by atoms with Crippen molar-refractivity contribution in [3.8, 4) is 0 Å². The number of carbonyl (C=O) groups is 1. The molecular formula is C10H18ClN3O3S2. The molecule has 0 saturated heterocycles. The van der Waals surface area contributed by atoms with E-state index in [1.54, 1.807) is 7.05 Å². The number of halogens is 1. The lowest BCUT2D eigenvalue weighted by molar-refractivity contribution is 0.0954. The van der Waals surface area contributed by atoms with Crippen LogP contribution in [-0.2, 0) is 10.0 Å². The van der Waals surface area contributed by atoms with Crippen LogP contribution < -0.4 is 15.4 Å². The summed E-state index contributed by atoms with van der Waals surface area (Å²) in [4.78, 5) is 12.2. The standard InChI is InChI=1S/C10H17N3O3S2.ClH/c1-7(11-2)5-13-10(14)9-4-8(6-17-9)18(15,16)12-3;/h4,6-7,11-12H,5H2,1-3H3,(H,13,14);1H. The van der Waals surface area contributed by atoms with Gasteiger partial charge in [0.2, 0.25) is 10.0 Å². The topological polar surface area (TPSA) is 87.3 Å². The van der Waals surface area contributed by atoms with E-state index in [4.69, 9.17) is 0 Å². The van der Waals surface area contributed by atoms with Crippen LogP contribution in [0.5, 0.6) is 0 Å². The molecule has 0 fully saturated rings. The largest absolute Gasteiger partial charge is 0.350 e. The molecule has 9 heteroatoms. The smallest absolute Gasteiger partial charge is 0.261 e. The Kier molecular flexibility index (Phi) is 7.53. The third-order valence-corrected chi connectivity index (χ3v) is 4.91. The van der Waals surface area contributed by atoms with Crippen LogP contribution in [0, 0.1) is 0 Å². The maximum atomic E-state index is 11.7.